The number of rotatable bonds is 5. The van der Waals surface area contributed by atoms with Gasteiger partial charge in [0.1, 0.15) is 5.82 Å². The van der Waals surface area contributed by atoms with E-state index in [1.807, 2.05) is 20.8 Å². The lowest BCUT2D eigenvalue weighted by Gasteiger charge is -2.18. The number of carbonyl (C=O) groups excluding carboxylic acids is 1. The minimum Gasteiger partial charge on any atom is -0.383 e. The van der Waals surface area contributed by atoms with Crippen molar-refractivity contribution in [3.63, 3.8) is 0 Å². The molecule has 8 heteroatoms. The van der Waals surface area contributed by atoms with Gasteiger partial charge in [0.05, 0.1) is 21.7 Å². The largest absolute Gasteiger partial charge is 0.383 e. The Morgan fingerprint density at radius 3 is 2.20 bits per heavy atom. The fourth-order valence-corrected chi connectivity index (χ4v) is 3.99. The maximum atomic E-state index is 13.2. The van der Waals surface area contributed by atoms with Crippen molar-refractivity contribution in [3.05, 3.63) is 38.6 Å². The van der Waals surface area contributed by atoms with Gasteiger partial charge in [-0.3, -0.25) is 9.59 Å². The summed E-state index contributed by atoms with van der Waals surface area (Å²) in [6.07, 6.45) is 1.39. The van der Waals surface area contributed by atoms with Gasteiger partial charge in [-0.15, -0.1) is 0 Å². The van der Waals surface area contributed by atoms with E-state index in [2.05, 4.69) is 0 Å². The SMILES string of the molecule is CCSC(=O)n1c(N)c(-c2c(Cl)cccc2Cl)c(=O)n1C(CC)CC. The van der Waals surface area contributed by atoms with Crippen LogP contribution in [0.25, 0.3) is 11.1 Å². The van der Waals surface area contributed by atoms with Gasteiger partial charge < -0.3 is 5.73 Å². The van der Waals surface area contributed by atoms with Gasteiger partial charge in [0, 0.05) is 5.56 Å². The lowest BCUT2D eigenvalue weighted by atomic mass is 10.1. The Kier molecular flexibility index (Phi) is 6.65. The first-order valence-electron chi connectivity index (χ1n) is 8.13. The number of thioether (sulfide) groups is 1. The highest BCUT2D eigenvalue weighted by molar-refractivity contribution is 8.13. The normalized spacial score (nSPS) is 11.3. The second-order valence-corrected chi connectivity index (χ2v) is 7.52. The molecule has 1 aromatic carbocycles. The van der Waals surface area contributed by atoms with Gasteiger partial charge in [0.2, 0.25) is 0 Å². The molecule has 0 bridgehead atoms. The average molecular weight is 402 g/mol. The minimum atomic E-state index is -0.355. The van der Waals surface area contributed by atoms with E-state index >= 15 is 0 Å². The van der Waals surface area contributed by atoms with Gasteiger partial charge in [0.15, 0.2) is 0 Å². The predicted octanol–water partition coefficient (Wildman–Crippen LogP) is 5.29. The summed E-state index contributed by atoms with van der Waals surface area (Å²) in [5, 5.41) is 0.347. The number of benzene rings is 1. The molecular formula is C17H21Cl2N3O2S. The summed E-state index contributed by atoms with van der Waals surface area (Å²) >= 11 is 13.6. The van der Waals surface area contributed by atoms with Crippen LogP contribution in [0.15, 0.2) is 23.0 Å². The van der Waals surface area contributed by atoms with Crippen LogP contribution in [0.3, 0.4) is 0 Å². The Bertz CT molecular complexity index is 821. The number of anilines is 1. The first-order valence-corrected chi connectivity index (χ1v) is 9.87. The number of nitrogen functional groups attached to an aromatic ring is 1. The van der Waals surface area contributed by atoms with Crippen LogP contribution in [-0.4, -0.2) is 20.4 Å². The highest BCUT2D eigenvalue weighted by atomic mass is 35.5. The molecule has 1 heterocycles. The zero-order chi connectivity index (χ0) is 18.7. The summed E-state index contributed by atoms with van der Waals surface area (Å²) in [6, 6.07) is 4.83. The van der Waals surface area contributed by atoms with E-state index in [1.54, 1.807) is 18.2 Å². The lowest BCUT2D eigenvalue weighted by Crippen LogP contribution is -2.30. The summed E-state index contributed by atoms with van der Waals surface area (Å²) < 4.78 is 2.71. The Balaban J connectivity index is 2.86. The highest BCUT2D eigenvalue weighted by Crippen LogP contribution is 2.37. The molecule has 0 saturated heterocycles. The first kappa shape index (κ1) is 19.9. The Morgan fingerprint density at radius 1 is 1.16 bits per heavy atom. The number of halogens is 2. The van der Waals surface area contributed by atoms with Crippen LogP contribution in [0.4, 0.5) is 10.6 Å². The second kappa shape index (κ2) is 8.34. The number of nitrogens with two attached hydrogens (primary N) is 1. The molecule has 0 unspecified atom stereocenters. The minimum absolute atomic E-state index is 0.0675. The number of aromatic nitrogens is 2. The topological polar surface area (TPSA) is 70.0 Å². The van der Waals surface area contributed by atoms with Crippen molar-refractivity contribution in [3.8, 4) is 11.1 Å². The van der Waals surface area contributed by atoms with E-state index in [0.717, 1.165) is 11.8 Å². The zero-order valence-electron chi connectivity index (χ0n) is 14.4. The molecule has 0 aliphatic carbocycles. The number of carbonyl (C=O) groups is 1. The van der Waals surface area contributed by atoms with E-state index in [4.69, 9.17) is 28.9 Å². The second-order valence-electron chi connectivity index (χ2n) is 5.49. The van der Waals surface area contributed by atoms with Crippen LogP contribution in [-0.2, 0) is 0 Å². The van der Waals surface area contributed by atoms with Crippen LogP contribution >= 0.6 is 35.0 Å². The molecule has 2 aromatic rings. The third-order valence-corrected chi connectivity index (χ3v) is 5.40. The van der Waals surface area contributed by atoms with E-state index in [-0.39, 0.29) is 28.2 Å². The highest BCUT2D eigenvalue weighted by Gasteiger charge is 2.28. The van der Waals surface area contributed by atoms with Gasteiger partial charge in [-0.25, -0.2) is 4.68 Å². The molecule has 5 nitrogen and oxygen atoms in total. The molecule has 1 aromatic heterocycles. The van der Waals surface area contributed by atoms with E-state index in [0.29, 0.717) is 34.2 Å². The third-order valence-electron chi connectivity index (χ3n) is 4.06. The predicted molar refractivity (Wildman–Crippen MR) is 107 cm³/mol. The molecule has 0 fully saturated rings. The van der Waals surface area contributed by atoms with Crippen LogP contribution < -0.4 is 11.3 Å². The summed E-state index contributed by atoms with van der Waals surface area (Å²) in [6.45, 7) is 5.80. The standard InChI is InChI=1S/C17H21Cl2N3O2S/c1-4-10(5-2)21-16(23)14(13-11(18)8-7-9-12(13)19)15(20)22(21)17(24)25-6-3/h7-10H,4-6,20H2,1-3H3. The smallest absolute Gasteiger partial charge is 0.306 e. The number of nitrogens with zero attached hydrogens (tertiary/aromatic N) is 2. The molecule has 0 aliphatic heterocycles. The molecule has 0 amide bonds. The van der Waals surface area contributed by atoms with Crippen molar-refractivity contribution >= 4 is 46.0 Å². The van der Waals surface area contributed by atoms with Crippen LogP contribution in [0.1, 0.15) is 39.7 Å². The molecule has 0 atom stereocenters. The number of hydrogen-bond donors (Lipinski definition) is 1. The van der Waals surface area contributed by atoms with Crippen molar-refractivity contribution in [2.45, 2.75) is 39.7 Å². The zero-order valence-corrected chi connectivity index (χ0v) is 16.7. The quantitative estimate of drug-likeness (QED) is 0.738. The van der Waals surface area contributed by atoms with Crippen molar-refractivity contribution in [2.75, 3.05) is 11.5 Å². The Hall–Kier alpha value is -1.37. The van der Waals surface area contributed by atoms with E-state index in [9.17, 15) is 9.59 Å². The molecule has 0 spiro atoms. The first-order chi connectivity index (χ1) is 11.9. The fraction of sp³-hybridized carbons (Fsp3) is 0.412. The molecule has 2 N–H and O–H groups in total. The van der Waals surface area contributed by atoms with Crippen LogP contribution in [0.5, 0.6) is 0 Å². The van der Waals surface area contributed by atoms with Crippen LogP contribution in [0.2, 0.25) is 10.0 Å². The van der Waals surface area contributed by atoms with Crippen molar-refractivity contribution in [1.82, 2.24) is 9.36 Å². The van der Waals surface area contributed by atoms with E-state index in [1.165, 1.54) is 9.36 Å². The summed E-state index contributed by atoms with van der Waals surface area (Å²) in [4.78, 5) is 25.8. The van der Waals surface area contributed by atoms with Crippen molar-refractivity contribution in [2.24, 2.45) is 0 Å². The van der Waals surface area contributed by atoms with Gasteiger partial charge in [-0.05, 0) is 30.7 Å². The fourth-order valence-electron chi connectivity index (χ4n) is 2.84. The molecule has 25 heavy (non-hydrogen) atoms. The van der Waals surface area contributed by atoms with Gasteiger partial charge in [-0.2, -0.15) is 4.68 Å². The van der Waals surface area contributed by atoms with Crippen LogP contribution in [0, 0.1) is 0 Å². The molecule has 0 aliphatic rings. The van der Waals surface area contributed by atoms with Crippen molar-refractivity contribution in [1.29, 1.82) is 0 Å². The van der Waals surface area contributed by atoms with Gasteiger partial charge in [0.25, 0.3) is 5.56 Å². The van der Waals surface area contributed by atoms with Gasteiger partial charge >= 0.3 is 5.24 Å². The monoisotopic (exact) mass is 401 g/mol. The Labute approximate surface area is 161 Å². The summed E-state index contributed by atoms with van der Waals surface area (Å²) in [5.74, 6) is 0.647. The van der Waals surface area contributed by atoms with Gasteiger partial charge in [-0.1, -0.05) is 61.8 Å². The van der Waals surface area contributed by atoms with Crippen molar-refractivity contribution < 1.29 is 4.79 Å². The maximum absolute atomic E-state index is 13.2. The number of hydrogen-bond acceptors (Lipinski definition) is 4. The lowest BCUT2D eigenvalue weighted by molar-refractivity contribution is 0.251. The molecule has 0 saturated carbocycles. The molecule has 136 valence electrons. The summed E-state index contributed by atoms with van der Waals surface area (Å²) in [7, 11) is 0. The molecular weight excluding hydrogens is 381 g/mol. The molecule has 0 radical (unpaired) electrons. The molecule has 2 rings (SSSR count). The maximum Gasteiger partial charge on any atom is 0.306 e. The Morgan fingerprint density at radius 2 is 1.72 bits per heavy atom. The average Bonchev–Trinajstić information content (AvgIpc) is 2.81. The van der Waals surface area contributed by atoms with E-state index < -0.39 is 0 Å². The third kappa shape index (κ3) is 3.61. The summed E-state index contributed by atoms with van der Waals surface area (Å²) in [5.41, 5.74) is 6.42.